The predicted molar refractivity (Wildman–Crippen MR) is 136 cm³/mol. The number of Topliss-reactive ketones (excluding diaryl/α,β-unsaturated/α-hetero) is 1. The van der Waals surface area contributed by atoms with Crippen LogP contribution >= 0.6 is 0 Å². The molecule has 1 heterocycles. The van der Waals surface area contributed by atoms with Crippen LogP contribution in [0.25, 0.3) is 5.57 Å². The third kappa shape index (κ3) is 6.16. The second-order valence-electron chi connectivity index (χ2n) is 8.43. The number of aliphatic carboxylic acids is 1. The molecule has 0 atom stereocenters. The molecule has 0 bridgehead atoms. The van der Waals surface area contributed by atoms with Crippen molar-refractivity contribution in [3.05, 3.63) is 76.4 Å². The summed E-state index contributed by atoms with van der Waals surface area (Å²) in [5.41, 5.74) is 1.56. The molecule has 0 saturated heterocycles. The van der Waals surface area contributed by atoms with E-state index in [4.69, 9.17) is 28.4 Å². The van der Waals surface area contributed by atoms with Crippen LogP contribution in [0.5, 0.6) is 34.5 Å². The van der Waals surface area contributed by atoms with Gasteiger partial charge in [-0.25, -0.2) is 0 Å². The molecule has 0 radical (unpaired) electrons. The molecule has 39 heavy (non-hydrogen) atoms. The Balaban J connectivity index is 0.00000420. The van der Waals surface area contributed by atoms with E-state index in [2.05, 4.69) is 0 Å². The molecule has 1 aliphatic heterocycles. The van der Waals surface area contributed by atoms with Gasteiger partial charge in [0.05, 0.1) is 34.4 Å². The van der Waals surface area contributed by atoms with Crippen LogP contribution in [0.15, 0.2) is 54.1 Å². The van der Waals surface area contributed by atoms with Crippen molar-refractivity contribution < 1.29 is 72.7 Å². The zero-order chi connectivity index (χ0) is 27.4. The molecule has 0 aromatic heterocycles. The number of hydrogen-bond donors (Lipinski definition) is 0. The van der Waals surface area contributed by atoms with Gasteiger partial charge in [0.1, 0.15) is 5.75 Å². The van der Waals surface area contributed by atoms with Crippen LogP contribution in [-0.2, 0) is 11.2 Å². The van der Waals surface area contributed by atoms with E-state index in [0.29, 0.717) is 45.6 Å². The van der Waals surface area contributed by atoms with Gasteiger partial charge in [-0.2, -0.15) is 0 Å². The number of carboxylic acids is 1. The summed E-state index contributed by atoms with van der Waals surface area (Å²) < 4.78 is 32.4. The molecule has 0 saturated carbocycles. The van der Waals surface area contributed by atoms with Gasteiger partial charge in [-0.05, 0) is 66.1 Å². The fraction of sp³-hybridized carbons (Fsp3) is 0.241. The van der Waals surface area contributed by atoms with Crippen molar-refractivity contribution in [2.75, 3.05) is 35.2 Å². The Hall–Kier alpha value is -3.66. The van der Waals surface area contributed by atoms with E-state index in [9.17, 15) is 14.7 Å². The van der Waals surface area contributed by atoms with E-state index < -0.39 is 11.8 Å². The summed E-state index contributed by atoms with van der Waals surface area (Å²) in [6, 6.07) is 12.9. The first-order valence-corrected chi connectivity index (χ1v) is 11.6. The number of methoxy groups -OCH3 is 4. The van der Waals surface area contributed by atoms with Crippen LogP contribution in [0.2, 0.25) is 0 Å². The molecule has 3 aromatic rings. The molecule has 198 valence electrons. The van der Waals surface area contributed by atoms with E-state index >= 15 is 0 Å². The molecule has 0 fully saturated rings. The summed E-state index contributed by atoms with van der Waals surface area (Å²) in [7, 11) is 5.97. The molecule has 10 heteroatoms. The maximum atomic E-state index is 14.0. The number of carbonyl (C=O) groups is 2. The van der Waals surface area contributed by atoms with Gasteiger partial charge in [0, 0.05) is 23.1 Å². The SMILES string of the molecule is COc1ccc(C(=O)C(Cc2cc(OC)c(OC)c(OC)c2)=C(C(=O)[O-])c2ccc3c(c2)OCO3)cc1C.[Na+]. The summed E-state index contributed by atoms with van der Waals surface area (Å²) in [6.07, 6.45) is -0.0711. The molecule has 0 N–H and O–H groups in total. The average Bonchev–Trinajstić information content (AvgIpc) is 3.39. The largest absolute Gasteiger partial charge is 1.00 e. The van der Waals surface area contributed by atoms with Gasteiger partial charge in [-0.3, -0.25) is 4.79 Å². The van der Waals surface area contributed by atoms with Crippen molar-refractivity contribution in [1.29, 1.82) is 0 Å². The summed E-state index contributed by atoms with van der Waals surface area (Å²) >= 11 is 0. The van der Waals surface area contributed by atoms with Crippen LogP contribution in [-0.4, -0.2) is 47.0 Å². The van der Waals surface area contributed by atoms with Gasteiger partial charge in [-0.1, -0.05) is 6.07 Å². The molecular weight excluding hydrogens is 515 g/mol. The van der Waals surface area contributed by atoms with E-state index in [1.54, 1.807) is 49.4 Å². The number of aryl methyl sites for hydroxylation is 1. The minimum atomic E-state index is -1.51. The minimum Gasteiger partial charge on any atom is -0.545 e. The third-order valence-corrected chi connectivity index (χ3v) is 6.20. The molecule has 3 aromatic carbocycles. The first-order valence-electron chi connectivity index (χ1n) is 11.6. The van der Waals surface area contributed by atoms with E-state index in [0.717, 1.165) is 5.56 Å². The Bertz CT molecular complexity index is 1400. The molecular formula is C29H27NaO9. The van der Waals surface area contributed by atoms with Crippen molar-refractivity contribution in [2.45, 2.75) is 13.3 Å². The normalized spacial score (nSPS) is 12.1. The van der Waals surface area contributed by atoms with Crippen LogP contribution in [0.4, 0.5) is 0 Å². The van der Waals surface area contributed by atoms with Gasteiger partial charge in [0.2, 0.25) is 12.5 Å². The quantitative estimate of drug-likeness (QED) is 0.204. The van der Waals surface area contributed by atoms with Gasteiger partial charge >= 0.3 is 29.6 Å². The average molecular weight is 543 g/mol. The Morgan fingerprint density at radius 3 is 1.97 bits per heavy atom. The number of hydrogen-bond acceptors (Lipinski definition) is 9. The number of rotatable bonds is 10. The number of allylic oxidation sites excluding steroid dienone is 1. The first kappa shape index (κ1) is 29.9. The molecule has 0 unspecified atom stereocenters. The number of ketones is 1. The van der Waals surface area contributed by atoms with Crippen molar-refractivity contribution in [3.8, 4) is 34.5 Å². The number of fused-ring (bicyclic) bond motifs is 1. The zero-order valence-electron chi connectivity index (χ0n) is 22.7. The van der Waals surface area contributed by atoms with Crippen molar-refractivity contribution in [3.63, 3.8) is 0 Å². The van der Waals surface area contributed by atoms with E-state index in [-0.39, 0.29) is 59.5 Å². The van der Waals surface area contributed by atoms with E-state index in [1.807, 2.05) is 0 Å². The second kappa shape index (κ2) is 12.9. The number of benzene rings is 3. The van der Waals surface area contributed by atoms with Crippen LogP contribution < -0.4 is 63.1 Å². The number of carbonyl (C=O) groups excluding carboxylic acids is 2. The fourth-order valence-electron chi connectivity index (χ4n) is 4.39. The summed E-state index contributed by atoms with van der Waals surface area (Å²) in [6.45, 7) is 1.82. The maximum absolute atomic E-state index is 14.0. The molecule has 0 spiro atoms. The molecule has 4 rings (SSSR count). The molecule has 9 nitrogen and oxygen atoms in total. The van der Waals surface area contributed by atoms with Gasteiger partial charge in [0.15, 0.2) is 28.8 Å². The van der Waals surface area contributed by atoms with Gasteiger partial charge < -0.3 is 38.3 Å². The van der Waals surface area contributed by atoms with Crippen molar-refractivity contribution >= 4 is 17.3 Å². The monoisotopic (exact) mass is 542 g/mol. The van der Waals surface area contributed by atoms with Crippen molar-refractivity contribution in [1.82, 2.24) is 0 Å². The van der Waals surface area contributed by atoms with Crippen molar-refractivity contribution in [2.24, 2.45) is 0 Å². The van der Waals surface area contributed by atoms with Gasteiger partial charge in [-0.15, -0.1) is 0 Å². The first-order chi connectivity index (χ1) is 18.3. The Labute approximate surface area is 248 Å². The van der Waals surface area contributed by atoms with Crippen LogP contribution in [0.1, 0.15) is 27.0 Å². The fourth-order valence-corrected chi connectivity index (χ4v) is 4.39. The van der Waals surface area contributed by atoms with Gasteiger partial charge in [0.25, 0.3) is 0 Å². The summed E-state index contributed by atoms with van der Waals surface area (Å²) in [5, 5.41) is 12.6. The standard InChI is InChI=1S/C29H28O9.Na/c1-16-10-19(7-8-21(16)33-2)27(30)20(11-17-12-24(34-3)28(36-5)25(13-17)35-4)26(29(31)32)18-6-9-22-23(14-18)38-15-37-22;/h6-10,12-14H,11,15H2,1-5H3,(H,31,32);/q;+1/p-1. The summed E-state index contributed by atoms with van der Waals surface area (Å²) in [5.74, 6) is 0.575. The van der Waals surface area contributed by atoms with E-state index in [1.165, 1.54) is 34.5 Å². The molecule has 0 amide bonds. The third-order valence-electron chi connectivity index (χ3n) is 6.20. The van der Waals surface area contributed by atoms with Crippen LogP contribution in [0.3, 0.4) is 0 Å². The number of carboxylic acid groups (broad SMARTS) is 1. The maximum Gasteiger partial charge on any atom is 1.00 e. The minimum absolute atomic E-state index is 0. The topological polar surface area (TPSA) is 113 Å². The Kier molecular flexibility index (Phi) is 9.91. The molecule has 0 aliphatic carbocycles. The second-order valence-corrected chi connectivity index (χ2v) is 8.43. The predicted octanol–water partition coefficient (Wildman–Crippen LogP) is 0.391. The number of ether oxygens (including phenoxy) is 6. The summed E-state index contributed by atoms with van der Waals surface area (Å²) in [4.78, 5) is 26.6. The Morgan fingerprint density at radius 1 is 0.795 bits per heavy atom. The molecule has 1 aliphatic rings. The Morgan fingerprint density at radius 2 is 1.41 bits per heavy atom. The van der Waals surface area contributed by atoms with Crippen LogP contribution in [0, 0.1) is 6.92 Å². The smallest absolute Gasteiger partial charge is 0.545 e. The zero-order valence-corrected chi connectivity index (χ0v) is 24.7.